The molecule has 0 radical (unpaired) electrons. The molecule has 2 N–H and O–H groups in total. The fourth-order valence-electron chi connectivity index (χ4n) is 8.44. The SMILES string of the molecule is Cn1nc(N2CCC(=O)NC2=O)c2ccc(C3CCN(CC4CCN(c5cccc(S(=O)N6CCC(Nc7ncc(Cl)cn7)CC6)c5)CC4)CC3)c(Cl)c21. The number of nitrogens with one attached hydrogen (secondary N) is 2. The van der Waals surface area contributed by atoms with E-state index in [0.29, 0.717) is 40.2 Å². The standard InChI is InChI=1S/C38H46Cl2N10O3S/c1-46-35-32(36(45-46)50-20-13-33(51)44-38(50)52)6-5-31(34(35)40)26-9-14-47(15-10-26)24-25-7-16-48(17-8-25)29-3-2-4-30(21-29)54(53)49-18-11-28(12-19-49)43-37-41-22-27(39)23-42-37/h2-6,21-23,25-26,28H,7-20,24H2,1H3,(H,41,42,43)(H,44,51,52). The van der Waals surface area contributed by atoms with Gasteiger partial charge in [-0.25, -0.2) is 23.3 Å². The molecule has 0 bridgehead atoms. The summed E-state index contributed by atoms with van der Waals surface area (Å²) in [6, 6.07) is 12.2. The number of amides is 3. The van der Waals surface area contributed by atoms with Gasteiger partial charge in [-0.3, -0.25) is 19.7 Å². The van der Waals surface area contributed by atoms with Crippen LogP contribution in [0.1, 0.15) is 56.4 Å². The monoisotopic (exact) mass is 792 g/mol. The second kappa shape index (κ2) is 16.1. The summed E-state index contributed by atoms with van der Waals surface area (Å²) in [5, 5.41) is 12.4. The molecule has 2 aromatic heterocycles. The van der Waals surface area contributed by atoms with Gasteiger partial charge in [0.05, 0.1) is 32.9 Å². The van der Waals surface area contributed by atoms with Crippen molar-refractivity contribution in [3.8, 4) is 0 Å². The Morgan fingerprint density at radius 3 is 2.37 bits per heavy atom. The molecule has 0 saturated carbocycles. The molecule has 0 spiro atoms. The highest BCUT2D eigenvalue weighted by molar-refractivity contribution is 7.82. The zero-order valence-electron chi connectivity index (χ0n) is 30.4. The molecule has 13 nitrogen and oxygen atoms in total. The van der Waals surface area contributed by atoms with Crippen molar-refractivity contribution < 1.29 is 13.8 Å². The molecule has 6 heterocycles. The number of aryl methyl sites for hydroxylation is 1. The number of carbonyl (C=O) groups is 2. The predicted molar refractivity (Wildman–Crippen MR) is 213 cm³/mol. The van der Waals surface area contributed by atoms with E-state index in [1.54, 1.807) is 17.1 Å². The van der Waals surface area contributed by atoms with Crippen molar-refractivity contribution in [2.45, 2.75) is 61.8 Å². The fraction of sp³-hybridized carbons (Fsp3) is 0.500. The van der Waals surface area contributed by atoms with Gasteiger partial charge in [0, 0.05) is 69.9 Å². The van der Waals surface area contributed by atoms with Crippen LogP contribution in [0.2, 0.25) is 10.0 Å². The van der Waals surface area contributed by atoms with Crippen LogP contribution in [-0.4, -0.2) is 104 Å². The van der Waals surface area contributed by atoms with Gasteiger partial charge in [-0.2, -0.15) is 5.10 Å². The molecule has 4 aliphatic rings. The van der Waals surface area contributed by atoms with Gasteiger partial charge in [-0.15, -0.1) is 0 Å². The van der Waals surface area contributed by atoms with Crippen LogP contribution in [0.5, 0.6) is 0 Å². The fourth-order valence-corrected chi connectivity index (χ4v) is 10.2. The lowest BCUT2D eigenvalue weighted by Crippen LogP contribution is -2.49. The molecule has 1 unspecified atom stereocenters. The first-order valence-electron chi connectivity index (χ1n) is 18.9. The Hall–Kier alpha value is -3.82. The Morgan fingerprint density at radius 1 is 0.907 bits per heavy atom. The van der Waals surface area contributed by atoms with Gasteiger partial charge in [0.15, 0.2) is 5.82 Å². The smallest absolute Gasteiger partial charge is 0.329 e. The molecule has 286 valence electrons. The molecular weight excluding hydrogens is 747 g/mol. The highest BCUT2D eigenvalue weighted by Gasteiger charge is 2.31. The molecule has 4 aliphatic heterocycles. The van der Waals surface area contributed by atoms with Crippen molar-refractivity contribution in [3.63, 3.8) is 0 Å². The van der Waals surface area contributed by atoms with Gasteiger partial charge in [-0.05, 0) is 93.3 Å². The summed E-state index contributed by atoms with van der Waals surface area (Å²) in [5.41, 5.74) is 3.11. The zero-order valence-corrected chi connectivity index (χ0v) is 32.8. The quantitative estimate of drug-likeness (QED) is 0.216. The summed E-state index contributed by atoms with van der Waals surface area (Å²) in [7, 11) is 0.645. The number of likely N-dealkylation sites (tertiary alicyclic amines) is 1. The molecule has 0 aliphatic carbocycles. The Bertz CT molecular complexity index is 2020. The number of urea groups is 1. The van der Waals surface area contributed by atoms with E-state index in [2.05, 4.69) is 58.0 Å². The van der Waals surface area contributed by atoms with Gasteiger partial charge in [-0.1, -0.05) is 35.3 Å². The summed E-state index contributed by atoms with van der Waals surface area (Å²) >= 11 is 13.0. The molecular formula is C38H46Cl2N10O3S. The predicted octanol–water partition coefficient (Wildman–Crippen LogP) is 5.81. The zero-order chi connectivity index (χ0) is 37.3. The number of fused-ring (bicyclic) bond motifs is 1. The van der Waals surface area contributed by atoms with E-state index >= 15 is 0 Å². The van der Waals surface area contributed by atoms with Gasteiger partial charge in [0.25, 0.3) is 0 Å². The van der Waals surface area contributed by atoms with Crippen LogP contribution in [0.3, 0.4) is 0 Å². The first-order valence-corrected chi connectivity index (χ1v) is 20.8. The Kier molecular flexibility index (Phi) is 11.1. The molecule has 2 aromatic carbocycles. The van der Waals surface area contributed by atoms with Crippen LogP contribution in [0.25, 0.3) is 10.9 Å². The Labute approximate surface area is 327 Å². The molecule has 8 rings (SSSR count). The van der Waals surface area contributed by atoms with Crippen molar-refractivity contribution in [2.75, 3.05) is 67.5 Å². The van der Waals surface area contributed by atoms with Crippen molar-refractivity contribution in [1.82, 2.24) is 34.3 Å². The van der Waals surface area contributed by atoms with E-state index in [4.69, 9.17) is 23.2 Å². The average Bonchev–Trinajstić information content (AvgIpc) is 3.53. The Balaban J connectivity index is 0.807. The molecule has 1 atom stereocenters. The largest absolute Gasteiger partial charge is 0.371 e. The van der Waals surface area contributed by atoms with Gasteiger partial charge in [0.1, 0.15) is 11.0 Å². The van der Waals surface area contributed by atoms with E-state index in [9.17, 15) is 13.8 Å². The number of benzene rings is 2. The Morgan fingerprint density at radius 2 is 1.65 bits per heavy atom. The molecule has 4 aromatic rings. The number of hydrogen-bond acceptors (Lipinski definition) is 9. The number of piperidine rings is 3. The van der Waals surface area contributed by atoms with E-state index in [1.807, 2.05) is 25.2 Å². The second-order valence-corrected chi connectivity index (χ2v) is 17.2. The minimum absolute atomic E-state index is 0.238. The maximum absolute atomic E-state index is 13.6. The van der Waals surface area contributed by atoms with Crippen LogP contribution in [0, 0.1) is 5.92 Å². The third-order valence-corrected chi connectivity index (χ3v) is 13.5. The molecule has 4 saturated heterocycles. The second-order valence-electron chi connectivity index (χ2n) is 14.9. The lowest BCUT2D eigenvalue weighted by molar-refractivity contribution is -0.120. The summed E-state index contributed by atoms with van der Waals surface area (Å²) in [5.74, 6) is 1.85. The van der Waals surface area contributed by atoms with E-state index in [0.717, 1.165) is 111 Å². The average molecular weight is 794 g/mol. The van der Waals surface area contributed by atoms with Gasteiger partial charge < -0.3 is 15.1 Å². The summed E-state index contributed by atoms with van der Waals surface area (Å²) < 4.78 is 17.4. The lowest BCUT2D eigenvalue weighted by Gasteiger charge is -2.38. The molecule has 4 fully saturated rings. The van der Waals surface area contributed by atoms with Crippen LogP contribution >= 0.6 is 23.2 Å². The number of aromatic nitrogens is 4. The molecule has 3 amide bonds. The number of imide groups is 1. The van der Waals surface area contributed by atoms with Crippen molar-refractivity contribution in [2.24, 2.45) is 13.0 Å². The molecule has 16 heteroatoms. The van der Waals surface area contributed by atoms with Crippen molar-refractivity contribution in [3.05, 3.63) is 64.4 Å². The van der Waals surface area contributed by atoms with Crippen LogP contribution in [0.4, 0.5) is 22.2 Å². The number of halogens is 2. The van der Waals surface area contributed by atoms with E-state index in [-0.39, 0.29) is 18.4 Å². The first-order chi connectivity index (χ1) is 26.2. The highest BCUT2D eigenvalue weighted by Crippen LogP contribution is 2.40. The number of hydrogen-bond donors (Lipinski definition) is 2. The summed E-state index contributed by atoms with van der Waals surface area (Å²) in [6.45, 7) is 6.95. The maximum Gasteiger partial charge on any atom is 0.329 e. The third-order valence-electron chi connectivity index (χ3n) is 11.4. The minimum Gasteiger partial charge on any atom is -0.371 e. The maximum atomic E-state index is 13.6. The van der Waals surface area contributed by atoms with E-state index < -0.39 is 17.0 Å². The highest BCUT2D eigenvalue weighted by atomic mass is 35.5. The van der Waals surface area contributed by atoms with Crippen molar-refractivity contribution in [1.29, 1.82) is 0 Å². The van der Waals surface area contributed by atoms with Crippen LogP contribution in [0.15, 0.2) is 53.7 Å². The molecule has 54 heavy (non-hydrogen) atoms. The number of nitrogens with zero attached hydrogens (tertiary/aromatic N) is 8. The number of carbonyl (C=O) groups excluding carboxylic acids is 2. The van der Waals surface area contributed by atoms with Gasteiger partial charge >= 0.3 is 6.03 Å². The third kappa shape index (κ3) is 7.95. The number of anilines is 3. The normalized spacial score (nSPS) is 20.8. The van der Waals surface area contributed by atoms with Crippen molar-refractivity contribution >= 4 is 74.5 Å². The van der Waals surface area contributed by atoms with Gasteiger partial charge in [0.2, 0.25) is 11.9 Å². The van der Waals surface area contributed by atoms with Crippen LogP contribution < -0.4 is 20.4 Å². The topological polar surface area (TPSA) is 132 Å². The van der Waals surface area contributed by atoms with E-state index in [1.165, 1.54) is 4.90 Å². The minimum atomic E-state index is -1.21. The van der Waals surface area contributed by atoms with Crippen LogP contribution in [-0.2, 0) is 22.8 Å². The summed E-state index contributed by atoms with van der Waals surface area (Å²) in [4.78, 5) is 40.2. The lowest BCUT2D eigenvalue weighted by atomic mass is 9.87. The first kappa shape index (κ1) is 37.1. The number of rotatable bonds is 9. The summed E-state index contributed by atoms with van der Waals surface area (Å²) in [6.07, 6.45) is 9.52.